The number of aromatic nitrogens is 2. The van der Waals surface area contributed by atoms with Crippen LogP contribution in [0.3, 0.4) is 0 Å². The smallest absolute Gasteiger partial charge is 0.331 e. The fourth-order valence-electron chi connectivity index (χ4n) is 2.91. The Balaban J connectivity index is 1.89. The van der Waals surface area contributed by atoms with E-state index in [1.54, 1.807) is 19.1 Å². The van der Waals surface area contributed by atoms with Gasteiger partial charge in [-0.05, 0) is 44.2 Å². The summed E-state index contributed by atoms with van der Waals surface area (Å²) >= 11 is 0. The van der Waals surface area contributed by atoms with E-state index in [4.69, 9.17) is 4.74 Å². The Morgan fingerprint density at radius 3 is 2.63 bits per heavy atom. The lowest BCUT2D eigenvalue weighted by Crippen LogP contribution is -2.44. The van der Waals surface area contributed by atoms with Crippen molar-refractivity contribution in [3.63, 3.8) is 0 Å². The van der Waals surface area contributed by atoms with Crippen molar-refractivity contribution in [2.24, 2.45) is 0 Å². The second kappa shape index (κ2) is 8.01. The number of fused-ring (bicyclic) bond motifs is 1. The van der Waals surface area contributed by atoms with Gasteiger partial charge in [0.25, 0.3) is 5.91 Å². The first-order valence-corrected chi connectivity index (χ1v) is 8.68. The summed E-state index contributed by atoms with van der Waals surface area (Å²) in [7, 11) is 0. The number of aliphatic hydroxyl groups excluding tert-OH is 1. The van der Waals surface area contributed by atoms with Crippen molar-refractivity contribution in [1.82, 2.24) is 14.9 Å². The lowest BCUT2D eigenvalue weighted by atomic mass is 10.1. The third-order valence-corrected chi connectivity index (χ3v) is 4.16. The molecule has 2 N–H and O–H groups in total. The van der Waals surface area contributed by atoms with Crippen molar-refractivity contribution in [3.8, 4) is 5.69 Å². The number of hydrogen-bond donors (Lipinski definition) is 2. The molecule has 7 heteroatoms. The maximum Gasteiger partial charge on any atom is 0.331 e. The molecule has 140 valence electrons. The molecule has 0 saturated heterocycles. The topological polar surface area (TPSA) is 93.4 Å². The van der Waals surface area contributed by atoms with Crippen LogP contribution in [-0.4, -0.2) is 45.8 Å². The lowest BCUT2D eigenvalue weighted by molar-refractivity contribution is -0.146. The molecule has 0 bridgehead atoms. The largest absolute Gasteiger partial charge is 0.464 e. The second-order valence-electron chi connectivity index (χ2n) is 5.99. The molecule has 1 heterocycles. The number of carbonyl (C=O) groups excluding carboxylic acids is 2. The average molecular weight is 367 g/mol. The van der Waals surface area contributed by atoms with E-state index >= 15 is 0 Å². The van der Waals surface area contributed by atoms with Crippen molar-refractivity contribution in [3.05, 3.63) is 59.9 Å². The number of hydrogen-bond acceptors (Lipinski definition) is 5. The number of amides is 1. The number of benzene rings is 2. The van der Waals surface area contributed by atoms with E-state index in [-0.39, 0.29) is 6.61 Å². The molecule has 1 unspecified atom stereocenters. The molecule has 1 amide bonds. The first kappa shape index (κ1) is 18.6. The van der Waals surface area contributed by atoms with Gasteiger partial charge in [-0.25, -0.2) is 9.78 Å². The summed E-state index contributed by atoms with van der Waals surface area (Å²) in [6.07, 6.45) is 0. The van der Waals surface area contributed by atoms with Crippen LogP contribution in [0, 0.1) is 6.92 Å². The summed E-state index contributed by atoms with van der Waals surface area (Å²) in [5.74, 6) is -0.344. The highest BCUT2D eigenvalue weighted by Gasteiger charge is 2.22. The Kier molecular flexibility index (Phi) is 5.52. The van der Waals surface area contributed by atoms with Crippen molar-refractivity contribution in [2.45, 2.75) is 19.9 Å². The predicted octanol–water partition coefficient (Wildman–Crippen LogP) is 1.99. The van der Waals surface area contributed by atoms with Gasteiger partial charge in [-0.3, -0.25) is 9.36 Å². The number of ether oxygens (including phenoxy) is 1. The molecule has 0 spiro atoms. The van der Waals surface area contributed by atoms with E-state index in [1.807, 2.05) is 47.9 Å². The quantitative estimate of drug-likeness (QED) is 0.650. The number of aliphatic hydroxyl groups is 1. The number of para-hydroxylation sites is 1. The summed E-state index contributed by atoms with van der Waals surface area (Å²) in [6, 6.07) is 13.9. The standard InChI is InChI=1S/C20H21N3O4/c1-3-27-20(26)17(12-24)22-19(25)14-9-10-18-16(11-14)21-13(2)23(18)15-7-5-4-6-8-15/h4-11,17,24H,3,12H2,1-2H3,(H,22,25). The number of nitrogens with zero attached hydrogens (tertiary/aromatic N) is 2. The van der Waals surface area contributed by atoms with Gasteiger partial charge in [-0.1, -0.05) is 18.2 Å². The maximum atomic E-state index is 12.5. The minimum atomic E-state index is -1.10. The third kappa shape index (κ3) is 3.83. The number of carbonyl (C=O) groups is 2. The normalized spacial score (nSPS) is 12.0. The SMILES string of the molecule is CCOC(=O)C(CO)NC(=O)c1ccc2c(c1)nc(C)n2-c1ccccc1. The highest BCUT2D eigenvalue weighted by atomic mass is 16.5. The van der Waals surface area contributed by atoms with Gasteiger partial charge in [0.2, 0.25) is 0 Å². The molecule has 0 aliphatic rings. The van der Waals surface area contributed by atoms with Crippen LogP contribution in [0.2, 0.25) is 0 Å². The van der Waals surface area contributed by atoms with Crippen LogP contribution in [0.25, 0.3) is 16.7 Å². The zero-order valence-electron chi connectivity index (χ0n) is 15.2. The number of aryl methyl sites for hydroxylation is 1. The van der Waals surface area contributed by atoms with Gasteiger partial charge in [0.05, 0.1) is 24.2 Å². The van der Waals surface area contributed by atoms with Crippen LogP contribution in [0.5, 0.6) is 0 Å². The molecule has 0 saturated carbocycles. The number of nitrogens with one attached hydrogen (secondary N) is 1. The second-order valence-corrected chi connectivity index (χ2v) is 5.99. The van der Waals surface area contributed by atoms with Gasteiger partial charge in [0.15, 0.2) is 6.04 Å². The van der Waals surface area contributed by atoms with Gasteiger partial charge >= 0.3 is 5.97 Å². The number of imidazole rings is 1. The van der Waals surface area contributed by atoms with Crippen LogP contribution < -0.4 is 5.32 Å². The molecule has 3 rings (SSSR count). The first-order chi connectivity index (χ1) is 13.0. The van der Waals surface area contributed by atoms with Crippen LogP contribution in [0.15, 0.2) is 48.5 Å². The minimum absolute atomic E-state index is 0.174. The zero-order chi connectivity index (χ0) is 19.4. The Hall–Kier alpha value is -3.19. The van der Waals surface area contributed by atoms with Crippen LogP contribution in [0.4, 0.5) is 0 Å². The highest BCUT2D eigenvalue weighted by Crippen LogP contribution is 2.22. The Labute approximate surface area is 156 Å². The molecule has 1 aromatic heterocycles. The fourth-order valence-corrected chi connectivity index (χ4v) is 2.91. The van der Waals surface area contributed by atoms with Crippen molar-refractivity contribution >= 4 is 22.9 Å². The molecule has 0 fully saturated rings. The molecule has 7 nitrogen and oxygen atoms in total. The van der Waals surface area contributed by atoms with Crippen LogP contribution in [0.1, 0.15) is 23.1 Å². The molecule has 27 heavy (non-hydrogen) atoms. The van der Waals surface area contributed by atoms with Gasteiger partial charge in [-0.15, -0.1) is 0 Å². The summed E-state index contributed by atoms with van der Waals surface area (Å²) in [6.45, 7) is 3.20. The molecule has 0 radical (unpaired) electrons. The third-order valence-electron chi connectivity index (χ3n) is 4.16. The molecule has 0 aliphatic heterocycles. The monoisotopic (exact) mass is 367 g/mol. The summed E-state index contributed by atoms with van der Waals surface area (Å²) in [4.78, 5) is 28.7. The van der Waals surface area contributed by atoms with E-state index < -0.39 is 24.5 Å². The van der Waals surface area contributed by atoms with Crippen molar-refractivity contribution in [1.29, 1.82) is 0 Å². The molecule has 2 aromatic carbocycles. The van der Waals surface area contributed by atoms with E-state index in [1.165, 1.54) is 0 Å². The average Bonchev–Trinajstić information content (AvgIpc) is 3.01. The number of esters is 1. The predicted molar refractivity (Wildman–Crippen MR) is 101 cm³/mol. The van der Waals surface area contributed by atoms with E-state index in [0.29, 0.717) is 11.1 Å². The zero-order valence-corrected chi connectivity index (χ0v) is 15.2. The summed E-state index contributed by atoms with van der Waals surface area (Å²) in [5, 5.41) is 11.8. The molecule has 3 aromatic rings. The Morgan fingerprint density at radius 1 is 1.22 bits per heavy atom. The fraction of sp³-hybridized carbons (Fsp3) is 0.250. The van der Waals surface area contributed by atoms with Gasteiger partial charge in [-0.2, -0.15) is 0 Å². The van der Waals surface area contributed by atoms with E-state index in [0.717, 1.165) is 17.0 Å². The molecule has 1 atom stereocenters. The summed E-state index contributed by atoms with van der Waals surface area (Å²) in [5.41, 5.74) is 2.88. The summed E-state index contributed by atoms with van der Waals surface area (Å²) < 4.78 is 6.85. The molecular weight excluding hydrogens is 346 g/mol. The Bertz CT molecular complexity index is 966. The lowest BCUT2D eigenvalue weighted by Gasteiger charge is -2.14. The molecular formula is C20H21N3O4. The minimum Gasteiger partial charge on any atom is -0.464 e. The van der Waals surface area contributed by atoms with Gasteiger partial charge in [0, 0.05) is 11.3 Å². The van der Waals surface area contributed by atoms with Crippen LogP contribution >= 0.6 is 0 Å². The first-order valence-electron chi connectivity index (χ1n) is 8.68. The highest BCUT2D eigenvalue weighted by molar-refractivity contribution is 5.99. The number of rotatable bonds is 6. The van der Waals surface area contributed by atoms with Gasteiger partial charge < -0.3 is 15.2 Å². The van der Waals surface area contributed by atoms with Gasteiger partial charge in [0.1, 0.15) is 5.82 Å². The van der Waals surface area contributed by atoms with Crippen LogP contribution in [-0.2, 0) is 9.53 Å². The maximum absolute atomic E-state index is 12.5. The van der Waals surface area contributed by atoms with Crippen molar-refractivity contribution in [2.75, 3.05) is 13.2 Å². The van der Waals surface area contributed by atoms with E-state index in [2.05, 4.69) is 10.3 Å². The van der Waals surface area contributed by atoms with E-state index in [9.17, 15) is 14.7 Å². The van der Waals surface area contributed by atoms with Crippen molar-refractivity contribution < 1.29 is 19.4 Å². The molecule has 0 aliphatic carbocycles. The Morgan fingerprint density at radius 2 is 1.96 bits per heavy atom.